The molecule has 1 heterocycles. The van der Waals surface area contributed by atoms with Crippen LogP contribution >= 0.6 is 0 Å². The van der Waals surface area contributed by atoms with Crippen LogP contribution < -0.4 is 20.7 Å². The van der Waals surface area contributed by atoms with Crippen molar-refractivity contribution in [3.05, 3.63) is 83.9 Å². The lowest BCUT2D eigenvalue weighted by molar-refractivity contribution is -0.137. The summed E-state index contributed by atoms with van der Waals surface area (Å²) in [4.78, 5) is 42.4. The van der Waals surface area contributed by atoms with Crippen LogP contribution in [0.3, 0.4) is 0 Å². The summed E-state index contributed by atoms with van der Waals surface area (Å²) in [6.07, 6.45) is -5.20. The molecular formula is C31H34F3N5O5. The summed E-state index contributed by atoms with van der Waals surface area (Å²) < 4.78 is 45.2. The van der Waals surface area contributed by atoms with Crippen LogP contribution in [0.4, 0.5) is 39.8 Å². The molecule has 0 aliphatic carbocycles. The van der Waals surface area contributed by atoms with E-state index >= 15 is 0 Å². The smallest absolute Gasteiger partial charge is 0.416 e. The molecule has 3 aromatic rings. The molecule has 0 fully saturated rings. The topological polar surface area (TPSA) is 123 Å². The first-order chi connectivity index (χ1) is 20.9. The third-order valence-corrected chi connectivity index (χ3v) is 7.24. The van der Waals surface area contributed by atoms with Gasteiger partial charge in [-0.15, -0.1) is 0 Å². The Bertz CT molecular complexity index is 1470. The maximum Gasteiger partial charge on any atom is 0.416 e. The summed E-state index contributed by atoms with van der Waals surface area (Å²) in [6, 6.07) is 15.9. The van der Waals surface area contributed by atoms with E-state index in [-0.39, 0.29) is 48.3 Å². The van der Waals surface area contributed by atoms with Crippen molar-refractivity contribution in [1.29, 1.82) is 0 Å². The fraction of sp³-hybridized carbons (Fsp3) is 0.323. The predicted molar refractivity (Wildman–Crippen MR) is 160 cm³/mol. The molecule has 4 N–H and O–H groups in total. The van der Waals surface area contributed by atoms with Gasteiger partial charge in [-0.1, -0.05) is 31.2 Å². The number of para-hydroxylation sites is 2. The van der Waals surface area contributed by atoms with Crippen molar-refractivity contribution in [2.75, 3.05) is 42.7 Å². The minimum absolute atomic E-state index is 0.0210. The number of benzene rings is 3. The number of carbonyl (C=O) groups is 3. The molecule has 0 unspecified atom stereocenters. The van der Waals surface area contributed by atoms with Crippen LogP contribution in [0.5, 0.6) is 5.75 Å². The van der Waals surface area contributed by atoms with E-state index in [1.807, 2.05) is 13.0 Å². The lowest BCUT2D eigenvalue weighted by atomic mass is 9.99. The fourth-order valence-corrected chi connectivity index (χ4v) is 4.68. The predicted octanol–water partition coefficient (Wildman–Crippen LogP) is 5.73. The van der Waals surface area contributed by atoms with Gasteiger partial charge in [0, 0.05) is 30.9 Å². The number of ether oxygens (including phenoxy) is 1. The van der Waals surface area contributed by atoms with Crippen LogP contribution in [0.2, 0.25) is 0 Å². The third-order valence-electron chi connectivity index (χ3n) is 7.24. The summed E-state index contributed by atoms with van der Waals surface area (Å²) in [5.41, 5.74) is 0.276. The first-order valence-electron chi connectivity index (χ1n) is 13.9. The Morgan fingerprint density at radius 1 is 1.00 bits per heavy atom. The number of fused-ring (bicyclic) bond motifs is 1. The van der Waals surface area contributed by atoms with Gasteiger partial charge in [0.25, 0.3) is 5.91 Å². The van der Waals surface area contributed by atoms with Gasteiger partial charge in [-0.05, 0) is 55.5 Å². The van der Waals surface area contributed by atoms with E-state index in [2.05, 4.69) is 16.0 Å². The number of amides is 5. The number of nitrogens with zero attached hydrogens (tertiary/aromatic N) is 2. The quantitative estimate of drug-likeness (QED) is 0.271. The van der Waals surface area contributed by atoms with Gasteiger partial charge in [0.2, 0.25) is 0 Å². The van der Waals surface area contributed by atoms with E-state index in [4.69, 9.17) is 4.74 Å². The second kappa shape index (κ2) is 13.7. The molecule has 10 nitrogen and oxygen atoms in total. The highest BCUT2D eigenvalue weighted by molar-refractivity contribution is 6.04. The van der Waals surface area contributed by atoms with Gasteiger partial charge in [0.15, 0.2) is 5.75 Å². The zero-order valence-electron chi connectivity index (χ0n) is 24.4. The molecule has 0 saturated heterocycles. The largest absolute Gasteiger partial charge is 0.485 e. The highest BCUT2D eigenvalue weighted by Crippen LogP contribution is 2.35. The lowest BCUT2D eigenvalue weighted by Gasteiger charge is -2.38. The number of nitrogens with one attached hydrogen (secondary N) is 3. The van der Waals surface area contributed by atoms with Crippen molar-refractivity contribution >= 4 is 35.0 Å². The number of hydrogen-bond acceptors (Lipinski definition) is 5. The summed E-state index contributed by atoms with van der Waals surface area (Å²) in [7, 11) is 1.51. The average molecular weight is 614 g/mol. The Hall–Kier alpha value is -4.78. The van der Waals surface area contributed by atoms with Crippen molar-refractivity contribution in [1.82, 2.24) is 9.80 Å². The van der Waals surface area contributed by atoms with E-state index in [0.29, 0.717) is 5.69 Å². The first kappa shape index (κ1) is 32.1. The summed E-state index contributed by atoms with van der Waals surface area (Å²) >= 11 is 0. The van der Waals surface area contributed by atoms with E-state index < -0.39 is 41.9 Å². The average Bonchev–Trinajstić information content (AvgIpc) is 2.99. The Labute approximate surface area is 252 Å². The van der Waals surface area contributed by atoms with Crippen molar-refractivity contribution in [2.24, 2.45) is 5.92 Å². The zero-order valence-corrected chi connectivity index (χ0v) is 24.4. The molecule has 1 aliphatic rings. The molecule has 13 heteroatoms. The van der Waals surface area contributed by atoms with Crippen LogP contribution in [0.25, 0.3) is 0 Å². The van der Waals surface area contributed by atoms with Gasteiger partial charge in [0.1, 0.15) is 6.10 Å². The number of hydrogen-bond donors (Lipinski definition) is 4. The highest BCUT2D eigenvalue weighted by Gasteiger charge is 2.35. The van der Waals surface area contributed by atoms with Crippen molar-refractivity contribution in [3.8, 4) is 5.75 Å². The van der Waals surface area contributed by atoms with E-state index in [9.17, 15) is 32.7 Å². The molecule has 0 bridgehead atoms. The second-order valence-electron chi connectivity index (χ2n) is 10.6. The van der Waals surface area contributed by atoms with Gasteiger partial charge < -0.3 is 35.6 Å². The molecule has 5 amide bonds. The van der Waals surface area contributed by atoms with Crippen LogP contribution in [-0.4, -0.2) is 71.8 Å². The van der Waals surface area contributed by atoms with Gasteiger partial charge in [0.05, 0.1) is 36.0 Å². The van der Waals surface area contributed by atoms with Gasteiger partial charge in [-0.3, -0.25) is 4.79 Å². The molecule has 0 saturated carbocycles. The maximum absolute atomic E-state index is 13.7. The second-order valence-corrected chi connectivity index (χ2v) is 10.6. The number of aliphatic hydroxyl groups excluding tert-OH is 1. The minimum Gasteiger partial charge on any atom is -0.485 e. The summed E-state index contributed by atoms with van der Waals surface area (Å²) in [5.74, 6) is -0.648. The molecule has 0 radical (unpaired) electrons. The number of urea groups is 2. The van der Waals surface area contributed by atoms with Crippen LogP contribution in [0, 0.1) is 5.92 Å². The summed E-state index contributed by atoms with van der Waals surface area (Å²) in [6.45, 7) is 3.48. The first-order valence-corrected chi connectivity index (χ1v) is 13.9. The standard InChI is InChI=1S/C31H34F3N5O5/c1-19-16-39(20(2)18-40)28(41)24-10-7-11-25(37-29(42)35-22-8-5-4-6-9-22)27(24)44-26(19)17-38(3)30(43)36-23-14-12-21(13-15-23)31(32,33)34/h4-15,19-20,26,40H,16-18H2,1-3H3,(H,36,43)(H2,35,37,42)/t19-,20-,26-/m0/s1. The van der Waals surface area contributed by atoms with Gasteiger partial charge in [-0.2, -0.15) is 13.2 Å². The Kier molecular flexibility index (Phi) is 9.99. The van der Waals surface area contributed by atoms with Gasteiger partial charge in [-0.25, -0.2) is 9.59 Å². The number of anilines is 3. The molecule has 0 aromatic heterocycles. The minimum atomic E-state index is -4.50. The molecule has 0 spiro atoms. The van der Waals surface area contributed by atoms with Crippen LogP contribution in [0.1, 0.15) is 29.8 Å². The highest BCUT2D eigenvalue weighted by atomic mass is 19.4. The SMILES string of the molecule is C[C@H]1CN([C@@H](C)CO)C(=O)c2cccc(NC(=O)Nc3ccccc3)c2O[C@H]1CN(C)C(=O)Nc1ccc(C(F)(F)F)cc1. The Morgan fingerprint density at radius 2 is 1.66 bits per heavy atom. The molecule has 4 rings (SSSR count). The maximum atomic E-state index is 13.7. The Morgan fingerprint density at radius 3 is 2.30 bits per heavy atom. The number of halogens is 3. The number of carbonyl (C=O) groups excluding carboxylic acids is 3. The summed E-state index contributed by atoms with van der Waals surface area (Å²) in [5, 5.41) is 17.9. The van der Waals surface area contributed by atoms with Crippen molar-refractivity contribution in [2.45, 2.75) is 32.2 Å². The Balaban J connectivity index is 1.58. The molecule has 3 atom stereocenters. The van der Waals surface area contributed by atoms with E-state index in [1.165, 1.54) is 16.8 Å². The van der Waals surface area contributed by atoms with E-state index in [1.54, 1.807) is 49.4 Å². The van der Waals surface area contributed by atoms with Gasteiger partial charge >= 0.3 is 18.2 Å². The molecule has 234 valence electrons. The van der Waals surface area contributed by atoms with Crippen molar-refractivity contribution in [3.63, 3.8) is 0 Å². The number of alkyl halides is 3. The van der Waals surface area contributed by atoms with E-state index in [0.717, 1.165) is 24.3 Å². The molecule has 3 aromatic carbocycles. The number of aliphatic hydroxyl groups is 1. The number of likely N-dealkylation sites (N-methyl/N-ethyl adjacent to an activating group) is 1. The molecule has 44 heavy (non-hydrogen) atoms. The molecule has 1 aliphatic heterocycles. The number of rotatable bonds is 7. The van der Waals surface area contributed by atoms with Crippen molar-refractivity contribution < 1.29 is 37.4 Å². The fourth-order valence-electron chi connectivity index (χ4n) is 4.68. The zero-order chi connectivity index (χ0) is 32.0. The normalized spacial score (nSPS) is 17.3. The lowest BCUT2D eigenvalue weighted by Crippen LogP contribution is -2.50. The third kappa shape index (κ3) is 7.78. The monoisotopic (exact) mass is 613 g/mol. The van der Waals surface area contributed by atoms with Crippen LogP contribution in [0.15, 0.2) is 72.8 Å². The molecular weight excluding hydrogens is 579 g/mol. The van der Waals surface area contributed by atoms with Crippen LogP contribution in [-0.2, 0) is 6.18 Å².